The number of halogens is 3. The van der Waals surface area contributed by atoms with Gasteiger partial charge in [-0.3, -0.25) is 4.98 Å². The highest BCUT2D eigenvalue weighted by molar-refractivity contribution is 5.24. The lowest BCUT2D eigenvalue weighted by Gasteiger charge is -2.14. The van der Waals surface area contributed by atoms with E-state index >= 15 is 0 Å². The van der Waals surface area contributed by atoms with Gasteiger partial charge in [-0.15, -0.1) is 0 Å². The second kappa shape index (κ2) is 3.59. The Morgan fingerprint density at radius 1 is 1.36 bits per heavy atom. The SMILES string of the molecule is CC(C)c1ccnc(C(C)(F)F)c1F. The van der Waals surface area contributed by atoms with Gasteiger partial charge in [0.2, 0.25) is 0 Å². The number of rotatable bonds is 2. The van der Waals surface area contributed by atoms with Crippen LogP contribution in [0.2, 0.25) is 0 Å². The smallest absolute Gasteiger partial charge is 0.252 e. The number of nitrogens with zero attached hydrogens (tertiary/aromatic N) is 1. The van der Waals surface area contributed by atoms with Gasteiger partial charge in [-0.1, -0.05) is 13.8 Å². The number of aromatic nitrogens is 1. The van der Waals surface area contributed by atoms with Crippen molar-refractivity contribution in [2.45, 2.75) is 32.6 Å². The van der Waals surface area contributed by atoms with Gasteiger partial charge in [0, 0.05) is 13.1 Å². The van der Waals surface area contributed by atoms with Crippen LogP contribution in [-0.2, 0) is 5.92 Å². The van der Waals surface area contributed by atoms with E-state index in [1.54, 1.807) is 13.8 Å². The largest absolute Gasteiger partial charge is 0.289 e. The van der Waals surface area contributed by atoms with Gasteiger partial charge in [-0.25, -0.2) is 4.39 Å². The lowest BCUT2D eigenvalue weighted by Crippen LogP contribution is -2.14. The molecule has 1 nitrogen and oxygen atoms in total. The maximum Gasteiger partial charge on any atom is 0.289 e. The Kier molecular flexibility index (Phi) is 2.83. The third-order valence-electron chi connectivity index (χ3n) is 1.96. The highest BCUT2D eigenvalue weighted by Crippen LogP contribution is 2.30. The molecule has 0 N–H and O–H groups in total. The molecule has 78 valence electrons. The molecule has 0 fully saturated rings. The summed E-state index contributed by atoms with van der Waals surface area (Å²) in [7, 11) is 0. The van der Waals surface area contributed by atoms with Gasteiger partial charge in [-0.2, -0.15) is 8.78 Å². The minimum Gasteiger partial charge on any atom is -0.252 e. The van der Waals surface area contributed by atoms with Gasteiger partial charge in [0.05, 0.1) is 0 Å². The van der Waals surface area contributed by atoms with Gasteiger partial charge in [0.1, 0.15) is 5.69 Å². The fraction of sp³-hybridized carbons (Fsp3) is 0.500. The summed E-state index contributed by atoms with van der Waals surface area (Å²) >= 11 is 0. The van der Waals surface area contributed by atoms with Crippen molar-refractivity contribution < 1.29 is 13.2 Å². The van der Waals surface area contributed by atoms with E-state index in [1.165, 1.54) is 12.3 Å². The molecule has 0 aliphatic rings. The first-order valence-corrected chi connectivity index (χ1v) is 4.36. The molecule has 0 aromatic carbocycles. The lowest BCUT2D eigenvalue weighted by atomic mass is 10.0. The van der Waals surface area contributed by atoms with Crippen LogP contribution in [0, 0.1) is 5.82 Å². The van der Waals surface area contributed by atoms with Gasteiger partial charge in [-0.05, 0) is 17.5 Å². The molecule has 0 unspecified atom stereocenters. The molecule has 0 saturated carbocycles. The van der Waals surface area contributed by atoms with Crippen LogP contribution in [0.3, 0.4) is 0 Å². The van der Waals surface area contributed by atoms with Crippen LogP contribution in [0.25, 0.3) is 0 Å². The first-order chi connectivity index (χ1) is 6.34. The third kappa shape index (κ3) is 2.05. The summed E-state index contributed by atoms with van der Waals surface area (Å²) in [5, 5.41) is 0. The number of pyridine rings is 1. The standard InChI is InChI=1S/C10H12F3N/c1-6(2)7-4-5-14-9(8(7)11)10(3,12)13/h4-6H,1-3H3. The molecule has 14 heavy (non-hydrogen) atoms. The highest BCUT2D eigenvalue weighted by atomic mass is 19.3. The number of hydrogen-bond acceptors (Lipinski definition) is 1. The molecule has 0 radical (unpaired) electrons. The molecule has 1 aromatic rings. The average Bonchev–Trinajstić information content (AvgIpc) is 2.01. The minimum absolute atomic E-state index is 0.126. The fourth-order valence-corrected chi connectivity index (χ4v) is 1.21. The van der Waals surface area contributed by atoms with Crippen LogP contribution < -0.4 is 0 Å². The Labute approximate surface area is 81.0 Å². The Bertz CT molecular complexity index is 329. The zero-order valence-corrected chi connectivity index (χ0v) is 8.31. The van der Waals surface area contributed by atoms with Crippen molar-refractivity contribution in [3.63, 3.8) is 0 Å². The molecule has 0 aliphatic heterocycles. The summed E-state index contributed by atoms with van der Waals surface area (Å²) < 4.78 is 39.2. The second-order valence-electron chi connectivity index (χ2n) is 3.61. The quantitative estimate of drug-likeness (QED) is 0.717. The van der Waals surface area contributed by atoms with E-state index in [0.29, 0.717) is 6.92 Å². The molecule has 0 saturated heterocycles. The summed E-state index contributed by atoms with van der Waals surface area (Å²) in [4.78, 5) is 3.37. The van der Waals surface area contributed by atoms with Crippen LogP contribution in [-0.4, -0.2) is 4.98 Å². The van der Waals surface area contributed by atoms with E-state index in [4.69, 9.17) is 0 Å². The minimum atomic E-state index is -3.23. The third-order valence-corrected chi connectivity index (χ3v) is 1.96. The molecule has 0 bridgehead atoms. The van der Waals surface area contributed by atoms with E-state index in [9.17, 15) is 13.2 Å². The first kappa shape index (κ1) is 11.0. The van der Waals surface area contributed by atoms with E-state index in [0.717, 1.165) is 0 Å². The Morgan fingerprint density at radius 2 is 1.93 bits per heavy atom. The summed E-state index contributed by atoms with van der Waals surface area (Å²) in [6, 6.07) is 1.43. The van der Waals surface area contributed by atoms with E-state index in [-0.39, 0.29) is 11.5 Å². The van der Waals surface area contributed by atoms with Crippen molar-refractivity contribution in [2.24, 2.45) is 0 Å². The first-order valence-electron chi connectivity index (χ1n) is 4.36. The maximum atomic E-state index is 13.5. The van der Waals surface area contributed by atoms with E-state index < -0.39 is 17.4 Å². The van der Waals surface area contributed by atoms with E-state index in [1.807, 2.05) is 0 Å². The van der Waals surface area contributed by atoms with Crippen molar-refractivity contribution in [3.05, 3.63) is 29.3 Å². The summed E-state index contributed by atoms with van der Waals surface area (Å²) in [5.41, 5.74) is -0.500. The zero-order valence-electron chi connectivity index (χ0n) is 8.31. The summed E-state index contributed by atoms with van der Waals surface area (Å²) in [5.74, 6) is -4.25. The van der Waals surface area contributed by atoms with Gasteiger partial charge in [0.15, 0.2) is 5.82 Å². The van der Waals surface area contributed by atoms with Gasteiger partial charge < -0.3 is 0 Å². The number of hydrogen-bond donors (Lipinski definition) is 0. The van der Waals surface area contributed by atoms with Crippen molar-refractivity contribution >= 4 is 0 Å². The molecule has 0 aliphatic carbocycles. The van der Waals surface area contributed by atoms with Crippen molar-refractivity contribution in [3.8, 4) is 0 Å². The topological polar surface area (TPSA) is 12.9 Å². The highest BCUT2D eigenvalue weighted by Gasteiger charge is 2.31. The molecule has 1 heterocycles. The summed E-state index contributed by atoms with van der Waals surface area (Å²) in [6.07, 6.45) is 1.21. The lowest BCUT2D eigenvalue weighted by molar-refractivity contribution is 0.00854. The maximum absolute atomic E-state index is 13.5. The molecule has 0 spiro atoms. The Hall–Kier alpha value is -1.06. The predicted octanol–water partition coefficient (Wildman–Crippen LogP) is 3.46. The fourth-order valence-electron chi connectivity index (χ4n) is 1.21. The molecule has 1 aromatic heterocycles. The average molecular weight is 203 g/mol. The van der Waals surface area contributed by atoms with Crippen molar-refractivity contribution in [1.29, 1.82) is 0 Å². The molecular formula is C10H12F3N. The number of alkyl halides is 2. The van der Waals surface area contributed by atoms with Crippen LogP contribution in [0.5, 0.6) is 0 Å². The summed E-state index contributed by atoms with van der Waals surface area (Å²) in [6.45, 7) is 4.13. The van der Waals surface area contributed by atoms with Gasteiger partial charge in [0.25, 0.3) is 5.92 Å². The zero-order chi connectivity index (χ0) is 10.9. The van der Waals surface area contributed by atoms with Gasteiger partial charge >= 0.3 is 0 Å². The van der Waals surface area contributed by atoms with Crippen molar-refractivity contribution in [1.82, 2.24) is 4.98 Å². The second-order valence-corrected chi connectivity index (χ2v) is 3.61. The Morgan fingerprint density at radius 3 is 2.36 bits per heavy atom. The normalized spacial score (nSPS) is 12.2. The molecule has 0 atom stereocenters. The molecule has 4 heteroatoms. The molecule has 1 rings (SSSR count). The van der Waals surface area contributed by atoms with Crippen LogP contribution >= 0.6 is 0 Å². The van der Waals surface area contributed by atoms with Crippen molar-refractivity contribution in [2.75, 3.05) is 0 Å². The molecule has 0 amide bonds. The molecular weight excluding hydrogens is 191 g/mol. The Balaban J connectivity index is 3.28. The van der Waals surface area contributed by atoms with Crippen LogP contribution in [0.15, 0.2) is 12.3 Å². The van der Waals surface area contributed by atoms with Crippen LogP contribution in [0.1, 0.15) is 37.9 Å². The predicted molar refractivity (Wildman–Crippen MR) is 47.9 cm³/mol. The monoisotopic (exact) mass is 203 g/mol. The van der Waals surface area contributed by atoms with Crippen LogP contribution in [0.4, 0.5) is 13.2 Å². The van der Waals surface area contributed by atoms with E-state index in [2.05, 4.69) is 4.98 Å².